The third-order valence-electron chi connectivity index (χ3n) is 5.83. The summed E-state index contributed by atoms with van der Waals surface area (Å²) in [5, 5.41) is 0. The number of hydrogen-bond donors (Lipinski definition) is 0. The molecule has 4 aromatic rings. The zero-order valence-corrected chi connectivity index (χ0v) is 14.5. The van der Waals surface area contributed by atoms with Gasteiger partial charge in [0.15, 0.2) is 0 Å². The molecule has 0 unspecified atom stereocenters. The van der Waals surface area contributed by atoms with Gasteiger partial charge in [-0.05, 0) is 34.2 Å². The molecule has 0 spiro atoms. The predicted octanol–water partition coefficient (Wildman–Crippen LogP) is 3.40. The summed E-state index contributed by atoms with van der Waals surface area (Å²) in [4.78, 5) is 1.94. The topological polar surface area (TPSA) is 42.7 Å². The van der Waals surface area contributed by atoms with Gasteiger partial charge in [-0.3, -0.25) is 0 Å². The Hall–Kier alpha value is -3.08. The van der Waals surface area contributed by atoms with Crippen molar-refractivity contribution >= 4 is 40.8 Å². The Morgan fingerprint density at radius 2 is 1.69 bits per heavy atom. The van der Waals surface area contributed by atoms with Crippen LogP contribution in [0.1, 0.15) is 25.0 Å². The quantitative estimate of drug-likeness (QED) is 0.438. The summed E-state index contributed by atoms with van der Waals surface area (Å²) in [7, 11) is 0. The van der Waals surface area contributed by atoms with Gasteiger partial charge in [0, 0.05) is 11.5 Å². The minimum atomic E-state index is -0.125. The van der Waals surface area contributed by atoms with Gasteiger partial charge < -0.3 is 13.3 Å². The second-order valence-corrected chi connectivity index (χ2v) is 7.48. The van der Waals surface area contributed by atoms with Crippen LogP contribution in [0.2, 0.25) is 0 Å². The maximum absolute atomic E-state index is 6.12. The normalized spacial score (nSPS) is 16.2. The maximum atomic E-state index is 6.12. The zero-order chi connectivity index (χ0) is 17.5. The summed E-state index contributed by atoms with van der Waals surface area (Å²) in [6, 6.07) is 14.5. The van der Waals surface area contributed by atoms with Gasteiger partial charge >= 0.3 is 0 Å². The van der Waals surface area contributed by atoms with E-state index in [-0.39, 0.29) is 12.1 Å². The van der Waals surface area contributed by atoms with Crippen molar-refractivity contribution in [2.45, 2.75) is 19.3 Å². The van der Waals surface area contributed by atoms with E-state index < -0.39 is 0 Å². The van der Waals surface area contributed by atoms with Crippen molar-refractivity contribution in [3.8, 4) is 0 Å². The molecule has 0 aliphatic carbocycles. The van der Waals surface area contributed by atoms with E-state index in [1.165, 1.54) is 22.1 Å². The Kier molecular flexibility index (Phi) is 2.47. The van der Waals surface area contributed by atoms with E-state index in [4.69, 9.17) is 13.3 Å². The fourth-order valence-electron chi connectivity index (χ4n) is 4.64. The van der Waals surface area contributed by atoms with Gasteiger partial charge in [-0.15, -0.1) is 0 Å². The molecule has 0 N–H and O–H groups in total. The summed E-state index contributed by atoms with van der Waals surface area (Å²) in [5.41, 5.74) is 6.09. The van der Waals surface area contributed by atoms with Crippen LogP contribution in [0.4, 0.5) is 17.7 Å². The van der Waals surface area contributed by atoms with Gasteiger partial charge in [0.2, 0.25) is 17.7 Å². The summed E-state index contributed by atoms with van der Waals surface area (Å²) < 4.78 is 17.7. The fraction of sp³-hybridized carbons (Fsp3) is 0.143. The van der Waals surface area contributed by atoms with E-state index in [9.17, 15) is 0 Å². The summed E-state index contributed by atoms with van der Waals surface area (Å²) in [6.07, 6.45) is 5.31. The first kappa shape index (κ1) is 14.1. The Morgan fingerprint density at radius 1 is 0.808 bits per heavy atom. The molecule has 0 saturated heterocycles. The number of furan rings is 3. The number of hydrogen-bond acceptors (Lipinski definition) is 4. The molecule has 3 aromatic heterocycles. The summed E-state index contributed by atoms with van der Waals surface area (Å²) in [5.74, 6) is 2.23. The third kappa shape index (κ3) is 1.52. The smallest absolute Gasteiger partial charge is 0.256 e. The van der Waals surface area contributed by atoms with E-state index >= 15 is 0 Å². The van der Waals surface area contributed by atoms with Crippen LogP contribution < -0.4 is 21.3 Å². The number of nitrogens with zero attached hydrogens (tertiary/aromatic N) is 1. The van der Waals surface area contributed by atoms with Crippen LogP contribution in [-0.4, -0.2) is 6.71 Å². The predicted molar refractivity (Wildman–Crippen MR) is 101 cm³/mol. The van der Waals surface area contributed by atoms with Crippen LogP contribution in [0, 0.1) is 0 Å². The molecule has 0 amide bonds. The molecule has 6 rings (SSSR count). The molecule has 2 aliphatic rings. The van der Waals surface area contributed by atoms with Gasteiger partial charge in [-0.2, -0.15) is 0 Å². The van der Waals surface area contributed by atoms with Crippen LogP contribution in [0.15, 0.2) is 74.5 Å². The van der Waals surface area contributed by atoms with Crippen LogP contribution in [0.5, 0.6) is 0 Å². The van der Waals surface area contributed by atoms with E-state index in [2.05, 4.69) is 44.2 Å². The molecule has 4 nitrogen and oxygen atoms in total. The van der Waals surface area contributed by atoms with Crippen LogP contribution in [0.25, 0.3) is 0 Å². The minimum Gasteiger partial charge on any atom is -0.448 e. The number of rotatable bonds is 1. The second-order valence-electron chi connectivity index (χ2n) is 7.48. The average molecular weight is 341 g/mol. The first-order valence-electron chi connectivity index (χ1n) is 8.80. The highest BCUT2D eigenvalue weighted by atomic mass is 16.4. The van der Waals surface area contributed by atoms with Gasteiger partial charge in [-0.1, -0.05) is 43.6 Å². The molecule has 0 bridgehead atoms. The molecule has 0 fully saturated rings. The van der Waals surface area contributed by atoms with Crippen molar-refractivity contribution < 1.29 is 13.3 Å². The van der Waals surface area contributed by atoms with Crippen molar-refractivity contribution in [1.82, 2.24) is 0 Å². The standard InChI is InChI=1S/C21H16BNO3/c1-21(2)13-6-3-4-7-15(13)22-16-9-11-25-19(16)23(17-8-5-10-24-17)20-18(22)14(21)12-26-20/h3-12H,1-2H3. The fourth-order valence-corrected chi connectivity index (χ4v) is 4.64. The SMILES string of the molecule is CC1(C)c2ccccc2B2c3ccoc3N(c3ccco3)c3occ1c32. The lowest BCUT2D eigenvalue weighted by atomic mass is 9.31. The van der Waals surface area contributed by atoms with Gasteiger partial charge in [-0.25, -0.2) is 4.90 Å². The summed E-state index contributed by atoms with van der Waals surface area (Å²) >= 11 is 0. The van der Waals surface area contributed by atoms with Crippen LogP contribution in [-0.2, 0) is 5.41 Å². The maximum Gasteiger partial charge on any atom is 0.256 e. The highest BCUT2D eigenvalue weighted by molar-refractivity contribution is 6.98. The van der Waals surface area contributed by atoms with E-state index in [1.807, 2.05) is 23.3 Å². The van der Waals surface area contributed by atoms with Gasteiger partial charge in [0.25, 0.3) is 6.71 Å². The minimum absolute atomic E-state index is 0.114. The third-order valence-corrected chi connectivity index (χ3v) is 5.83. The Balaban J connectivity index is 1.72. The largest absolute Gasteiger partial charge is 0.448 e. The lowest BCUT2D eigenvalue weighted by Crippen LogP contribution is -2.62. The molecule has 0 atom stereocenters. The summed E-state index contributed by atoms with van der Waals surface area (Å²) in [6.45, 7) is 4.63. The molecule has 5 heteroatoms. The van der Waals surface area contributed by atoms with Crippen LogP contribution >= 0.6 is 0 Å². The van der Waals surface area contributed by atoms with Gasteiger partial charge in [0.05, 0.1) is 18.8 Å². The monoisotopic (exact) mass is 341 g/mol. The highest BCUT2D eigenvalue weighted by Gasteiger charge is 2.49. The molecule has 126 valence electrons. The molecule has 0 saturated carbocycles. The van der Waals surface area contributed by atoms with Crippen molar-refractivity contribution in [1.29, 1.82) is 0 Å². The van der Waals surface area contributed by atoms with E-state index in [1.54, 1.807) is 12.5 Å². The van der Waals surface area contributed by atoms with Crippen LogP contribution in [0.3, 0.4) is 0 Å². The number of fused-ring (bicyclic) bond motifs is 4. The molecule has 26 heavy (non-hydrogen) atoms. The van der Waals surface area contributed by atoms with Crippen molar-refractivity contribution in [3.63, 3.8) is 0 Å². The Morgan fingerprint density at radius 3 is 2.54 bits per heavy atom. The number of benzene rings is 1. The second kappa shape index (κ2) is 4.55. The molecule has 5 heterocycles. The first-order chi connectivity index (χ1) is 12.7. The Bertz CT molecular complexity index is 1140. The molecular weight excluding hydrogens is 325 g/mol. The molecular formula is C21H16BNO3. The molecule has 2 aliphatic heterocycles. The Labute approximate surface area is 151 Å². The van der Waals surface area contributed by atoms with E-state index in [0.29, 0.717) is 5.88 Å². The van der Waals surface area contributed by atoms with Gasteiger partial charge in [0.1, 0.15) is 0 Å². The first-order valence-corrected chi connectivity index (χ1v) is 8.80. The lowest BCUT2D eigenvalue weighted by molar-refractivity contribution is 0.508. The van der Waals surface area contributed by atoms with Crippen molar-refractivity contribution in [2.75, 3.05) is 4.90 Å². The van der Waals surface area contributed by atoms with Crippen molar-refractivity contribution in [2.24, 2.45) is 0 Å². The lowest BCUT2D eigenvalue weighted by Gasteiger charge is -2.38. The molecule has 0 radical (unpaired) electrons. The van der Waals surface area contributed by atoms with Crippen molar-refractivity contribution in [3.05, 3.63) is 72.4 Å². The highest BCUT2D eigenvalue weighted by Crippen LogP contribution is 2.43. The van der Waals surface area contributed by atoms with E-state index in [0.717, 1.165) is 17.2 Å². The zero-order valence-electron chi connectivity index (χ0n) is 14.5. The average Bonchev–Trinajstić information content (AvgIpc) is 3.39. The molecule has 1 aromatic carbocycles. The number of anilines is 3.